The quantitative estimate of drug-likeness (QED) is 0.489. The predicted molar refractivity (Wildman–Crippen MR) is 110 cm³/mol. The molecule has 0 aliphatic rings. The van der Waals surface area contributed by atoms with Gasteiger partial charge >= 0.3 is 11.9 Å². The van der Waals surface area contributed by atoms with Crippen molar-refractivity contribution in [3.63, 3.8) is 0 Å². The molecule has 0 saturated heterocycles. The van der Waals surface area contributed by atoms with E-state index in [4.69, 9.17) is 14.2 Å². The molecule has 0 fully saturated rings. The summed E-state index contributed by atoms with van der Waals surface area (Å²) in [5.74, 6) is -1.43. The largest absolute Gasteiger partial charge is 0.486 e. The fraction of sp³-hybridized carbons (Fsp3) is 0.652. The molecule has 0 aliphatic carbocycles. The Bertz CT molecular complexity index is 663. The second kappa shape index (κ2) is 11.2. The van der Waals surface area contributed by atoms with Crippen LogP contribution in [-0.4, -0.2) is 29.7 Å². The summed E-state index contributed by atoms with van der Waals surface area (Å²) in [5.41, 5.74) is -0.604. The highest BCUT2D eigenvalue weighted by molar-refractivity contribution is 5.79. The Balaban J connectivity index is 2.81. The zero-order valence-corrected chi connectivity index (χ0v) is 18.7. The van der Waals surface area contributed by atoms with E-state index in [9.17, 15) is 14.0 Å². The number of ether oxygens (including phenoxy) is 3. The van der Waals surface area contributed by atoms with E-state index in [2.05, 4.69) is 0 Å². The van der Waals surface area contributed by atoms with Crippen LogP contribution in [0.5, 0.6) is 5.75 Å². The van der Waals surface area contributed by atoms with Crippen molar-refractivity contribution in [1.29, 1.82) is 0 Å². The van der Waals surface area contributed by atoms with Crippen LogP contribution in [0.2, 0.25) is 0 Å². The van der Waals surface area contributed by atoms with Crippen LogP contribution in [0, 0.1) is 17.7 Å². The summed E-state index contributed by atoms with van der Waals surface area (Å²) in [4.78, 5) is 24.5. The van der Waals surface area contributed by atoms with Crippen LogP contribution >= 0.6 is 0 Å². The Kier molecular flexibility index (Phi) is 9.60. The highest BCUT2D eigenvalue weighted by atomic mass is 19.1. The van der Waals surface area contributed by atoms with Crippen molar-refractivity contribution in [2.24, 2.45) is 11.8 Å². The molecule has 1 rings (SSSR count). The molecule has 0 spiro atoms. The first-order chi connectivity index (χ1) is 13.5. The lowest BCUT2D eigenvalue weighted by Gasteiger charge is -2.31. The van der Waals surface area contributed by atoms with Crippen molar-refractivity contribution < 1.29 is 28.2 Å². The topological polar surface area (TPSA) is 61.8 Å². The van der Waals surface area contributed by atoms with Crippen molar-refractivity contribution in [1.82, 2.24) is 0 Å². The SMILES string of the molecule is CCC(CC)[C@H](Oc1cccc(F)c1)[C@H](C)OC(=O)[C@H](C)CC(=O)OC(C)(C)C. The number of halogens is 1. The molecule has 0 heterocycles. The Morgan fingerprint density at radius 1 is 1.10 bits per heavy atom. The molecule has 0 aliphatic heterocycles. The molecule has 0 N–H and O–H groups in total. The average molecular weight is 411 g/mol. The van der Waals surface area contributed by atoms with Crippen molar-refractivity contribution in [3.8, 4) is 5.75 Å². The normalized spacial score (nSPS) is 14.8. The third kappa shape index (κ3) is 8.84. The molecule has 29 heavy (non-hydrogen) atoms. The van der Waals surface area contributed by atoms with Crippen LogP contribution in [-0.2, 0) is 19.1 Å². The molecule has 1 aromatic carbocycles. The zero-order valence-electron chi connectivity index (χ0n) is 18.7. The minimum absolute atomic E-state index is 0.0524. The van der Waals surface area contributed by atoms with Crippen LogP contribution in [0.15, 0.2) is 24.3 Å². The lowest BCUT2D eigenvalue weighted by atomic mass is 9.93. The summed E-state index contributed by atoms with van der Waals surface area (Å²) in [7, 11) is 0. The van der Waals surface area contributed by atoms with E-state index in [1.165, 1.54) is 12.1 Å². The first-order valence-electron chi connectivity index (χ1n) is 10.3. The van der Waals surface area contributed by atoms with Gasteiger partial charge in [0.25, 0.3) is 0 Å². The lowest BCUT2D eigenvalue weighted by molar-refractivity contribution is -0.166. The zero-order chi connectivity index (χ0) is 22.2. The third-order valence-corrected chi connectivity index (χ3v) is 4.64. The number of carbonyl (C=O) groups excluding carboxylic acids is 2. The van der Waals surface area contributed by atoms with Gasteiger partial charge in [-0.25, -0.2) is 4.39 Å². The standard InChI is InChI=1S/C23H35FO5/c1-8-17(9-2)21(28-19-12-10-11-18(24)14-19)16(4)27-22(26)15(3)13-20(25)29-23(5,6)7/h10-12,14-17,21H,8-9,13H2,1-7H3/t15-,16+,21-/m1/s1. The van der Waals surface area contributed by atoms with E-state index >= 15 is 0 Å². The molecule has 164 valence electrons. The number of esters is 2. The van der Waals surface area contributed by atoms with Gasteiger partial charge in [-0.2, -0.15) is 0 Å². The average Bonchev–Trinajstić information content (AvgIpc) is 2.60. The van der Waals surface area contributed by atoms with Gasteiger partial charge in [0, 0.05) is 6.07 Å². The molecule has 0 bridgehead atoms. The van der Waals surface area contributed by atoms with Crippen LogP contribution in [0.4, 0.5) is 4.39 Å². The predicted octanol–water partition coefficient (Wildman–Crippen LogP) is 5.31. The Morgan fingerprint density at radius 2 is 1.72 bits per heavy atom. The number of carbonyl (C=O) groups is 2. The molecule has 0 aromatic heterocycles. The van der Waals surface area contributed by atoms with Gasteiger partial charge in [-0.3, -0.25) is 9.59 Å². The molecule has 1 aromatic rings. The van der Waals surface area contributed by atoms with Crippen molar-refractivity contribution >= 4 is 11.9 Å². The maximum Gasteiger partial charge on any atom is 0.309 e. The minimum Gasteiger partial charge on any atom is -0.486 e. The molecular formula is C23H35FO5. The summed E-state index contributed by atoms with van der Waals surface area (Å²) in [6.07, 6.45) is 0.613. The summed E-state index contributed by atoms with van der Waals surface area (Å²) in [6, 6.07) is 5.92. The fourth-order valence-electron chi connectivity index (χ4n) is 3.11. The van der Waals surface area contributed by atoms with Crippen LogP contribution in [0.25, 0.3) is 0 Å². The first kappa shape index (κ1) is 24.9. The second-order valence-electron chi connectivity index (χ2n) is 8.45. The van der Waals surface area contributed by atoms with Crippen LogP contribution < -0.4 is 4.74 Å². The van der Waals surface area contributed by atoms with Gasteiger partial charge in [-0.1, -0.05) is 26.8 Å². The molecule has 0 radical (unpaired) electrons. The molecule has 0 amide bonds. The smallest absolute Gasteiger partial charge is 0.309 e. The summed E-state index contributed by atoms with van der Waals surface area (Å²) >= 11 is 0. The maximum atomic E-state index is 13.5. The van der Waals surface area contributed by atoms with Crippen LogP contribution in [0.1, 0.15) is 67.7 Å². The molecular weight excluding hydrogens is 375 g/mol. The fourth-order valence-corrected chi connectivity index (χ4v) is 3.11. The van der Waals surface area contributed by atoms with Crippen LogP contribution in [0.3, 0.4) is 0 Å². The van der Waals surface area contributed by atoms with Gasteiger partial charge in [0.15, 0.2) is 0 Å². The van der Waals surface area contributed by atoms with E-state index in [0.717, 1.165) is 12.8 Å². The molecule has 5 nitrogen and oxygen atoms in total. The van der Waals surface area contributed by atoms with Gasteiger partial charge in [0.2, 0.25) is 0 Å². The number of rotatable bonds is 10. The maximum absolute atomic E-state index is 13.5. The summed E-state index contributed by atoms with van der Waals surface area (Å²) < 4.78 is 30.4. The van der Waals surface area contributed by atoms with Crippen molar-refractivity contribution in [2.75, 3.05) is 0 Å². The summed E-state index contributed by atoms with van der Waals surface area (Å²) in [5, 5.41) is 0. The van der Waals surface area contributed by atoms with E-state index in [1.54, 1.807) is 46.8 Å². The van der Waals surface area contributed by atoms with Crippen molar-refractivity contribution in [2.45, 2.75) is 85.5 Å². The van der Waals surface area contributed by atoms with Gasteiger partial charge < -0.3 is 14.2 Å². The number of hydrogen-bond donors (Lipinski definition) is 0. The van der Waals surface area contributed by atoms with E-state index in [-0.39, 0.29) is 18.2 Å². The Morgan fingerprint density at radius 3 is 2.24 bits per heavy atom. The highest BCUT2D eigenvalue weighted by Crippen LogP contribution is 2.25. The molecule has 3 atom stereocenters. The van der Waals surface area contributed by atoms with E-state index in [1.807, 2.05) is 13.8 Å². The Labute approximate surface area is 173 Å². The lowest BCUT2D eigenvalue weighted by Crippen LogP contribution is -2.40. The Hall–Kier alpha value is -2.11. The minimum atomic E-state index is -0.635. The highest BCUT2D eigenvalue weighted by Gasteiger charge is 2.31. The summed E-state index contributed by atoms with van der Waals surface area (Å²) in [6.45, 7) is 12.8. The van der Waals surface area contributed by atoms with E-state index < -0.39 is 35.7 Å². The molecule has 0 unspecified atom stereocenters. The van der Waals surface area contributed by atoms with Crippen molar-refractivity contribution in [3.05, 3.63) is 30.1 Å². The molecule has 0 saturated carbocycles. The number of benzene rings is 1. The van der Waals surface area contributed by atoms with Gasteiger partial charge in [-0.05, 0) is 58.6 Å². The second-order valence-corrected chi connectivity index (χ2v) is 8.45. The number of hydrogen-bond acceptors (Lipinski definition) is 5. The third-order valence-electron chi connectivity index (χ3n) is 4.64. The molecule has 6 heteroatoms. The van der Waals surface area contributed by atoms with Gasteiger partial charge in [-0.15, -0.1) is 0 Å². The van der Waals surface area contributed by atoms with Gasteiger partial charge in [0.1, 0.15) is 29.4 Å². The first-order valence-corrected chi connectivity index (χ1v) is 10.3. The monoisotopic (exact) mass is 410 g/mol. The van der Waals surface area contributed by atoms with E-state index in [0.29, 0.717) is 5.75 Å². The van der Waals surface area contributed by atoms with Gasteiger partial charge in [0.05, 0.1) is 12.3 Å².